The molecule has 5 aromatic rings. The van der Waals surface area contributed by atoms with Gasteiger partial charge in [-0.1, -0.05) is 42.0 Å². The van der Waals surface area contributed by atoms with Crippen molar-refractivity contribution in [3.63, 3.8) is 0 Å². The molecule has 0 atom stereocenters. The second-order valence-electron chi connectivity index (χ2n) is 7.07. The Morgan fingerprint density at radius 1 is 0.733 bits per heavy atom. The first-order chi connectivity index (χ1) is 14.7. The highest BCUT2D eigenvalue weighted by atomic mass is 16.5. The van der Waals surface area contributed by atoms with Crippen molar-refractivity contribution >= 4 is 22.3 Å². The van der Waals surface area contributed by atoms with E-state index < -0.39 is 0 Å². The first-order valence-corrected chi connectivity index (χ1v) is 9.62. The van der Waals surface area contributed by atoms with E-state index in [2.05, 4.69) is 31.2 Å². The summed E-state index contributed by atoms with van der Waals surface area (Å²) in [6, 6.07) is 21.8. The fourth-order valence-corrected chi connectivity index (χ4v) is 3.52. The molecule has 0 aliphatic heterocycles. The zero-order valence-electron chi connectivity index (χ0n) is 17.0. The summed E-state index contributed by atoms with van der Waals surface area (Å²) in [6.07, 6.45) is 0. The van der Waals surface area contributed by atoms with Crippen LogP contribution in [0.5, 0.6) is 11.5 Å². The molecule has 0 spiro atoms. The lowest BCUT2D eigenvalue weighted by molar-refractivity contribution is 0.394. The normalized spacial score (nSPS) is 11.2. The summed E-state index contributed by atoms with van der Waals surface area (Å²) in [6.45, 7) is 2.06. The van der Waals surface area contributed by atoms with Crippen LogP contribution in [0.4, 0.5) is 0 Å². The van der Waals surface area contributed by atoms with E-state index in [9.17, 15) is 0 Å². The number of imidazole rings is 1. The molecule has 2 aromatic heterocycles. The van der Waals surface area contributed by atoms with Crippen molar-refractivity contribution in [3.8, 4) is 28.6 Å². The minimum atomic E-state index is 0.589. The Morgan fingerprint density at radius 2 is 1.37 bits per heavy atom. The second kappa shape index (κ2) is 7.15. The molecular weight excluding hydrogens is 376 g/mol. The first-order valence-electron chi connectivity index (χ1n) is 9.62. The molecule has 5 rings (SSSR count). The average molecular weight is 396 g/mol. The molecule has 2 heterocycles. The van der Waals surface area contributed by atoms with E-state index in [-0.39, 0.29) is 0 Å². The number of hydrogen-bond acceptors (Lipinski definition) is 5. The van der Waals surface area contributed by atoms with Gasteiger partial charge in [0.25, 0.3) is 0 Å². The van der Waals surface area contributed by atoms with Crippen LogP contribution < -0.4 is 9.47 Å². The molecule has 148 valence electrons. The molecule has 0 unspecified atom stereocenters. The number of rotatable bonds is 4. The van der Waals surface area contributed by atoms with Gasteiger partial charge in [0.1, 0.15) is 17.3 Å². The van der Waals surface area contributed by atoms with E-state index >= 15 is 0 Å². The number of ether oxygens (including phenoxy) is 2. The molecule has 0 bridgehead atoms. The summed E-state index contributed by atoms with van der Waals surface area (Å²) in [5.41, 5.74) is 5.90. The molecule has 0 saturated carbocycles. The molecule has 0 aliphatic carbocycles. The smallest absolute Gasteiger partial charge is 0.199 e. The summed E-state index contributed by atoms with van der Waals surface area (Å²) < 4.78 is 13.0. The topological polar surface area (TPSA) is 62.1 Å². The number of hydrogen-bond donors (Lipinski definition) is 0. The number of aryl methyl sites for hydroxylation is 1. The van der Waals surface area contributed by atoms with Crippen molar-refractivity contribution in [2.75, 3.05) is 14.2 Å². The Morgan fingerprint density at radius 3 is 2.00 bits per heavy atom. The Bertz CT molecular complexity index is 1350. The highest BCUT2D eigenvalue weighted by molar-refractivity contribution is 5.86. The number of aromatic nitrogens is 4. The van der Waals surface area contributed by atoms with Gasteiger partial charge in [-0.05, 0) is 19.1 Å². The van der Waals surface area contributed by atoms with Gasteiger partial charge in [-0.3, -0.25) is 4.57 Å². The van der Waals surface area contributed by atoms with Crippen LogP contribution in [0.15, 0.2) is 66.7 Å². The molecule has 0 N–H and O–H groups in total. The van der Waals surface area contributed by atoms with E-state index in [0.717, 1.165) is 28.1 Å². The third kappa shape index (κ3) is 3.03. The van der Waals surface area contributed by atoms with Crippen LogP contribution in [0.1, 0.15) is 5.56 Å². The Balaban J connectivity index is 1.87. The van der Waals surface area contributed by atoms with Crippen molar-refractivity contribution in [3.05, 3.63) is 72.3 Å². The van der Waals surface area contributed by atoms with Crippen LogP contribution in [-0.4, -0.2) is 33.7 Å². The van der Waals surface area contributed by atoms with Gasteiger partial charge in [0.05, 0.1) is 30.9 Å². The monoisotopic (exact) mass is 396 g/mol. The van der Waals surface area contributed by atoms with Gasteiger partial charge in [-0.2, -0.15) is 0 Å². The predicted molar refractivity (Wildman–Crippen MR) is 117 cm³/mol. The van der Waals surface area contributed by atoms with Gasteiger partial charge in [0.2, 0.25) is 0 Å². The van der Waals surface area contributed by atoms with Crippen LogP contribution in [0.3, 0.4) is 0 Å². The molecule has 3 aromatic carbocycles. The first kappa shape index (κ1) is 18.1. The highest BCUT2D eigenvalue weighted by Gasteiger charge is 2.18. The molecule has 0 amide bonds. The van der Waals surface area contributed by atoms with E-state index in [1.54, 1.807) is 14.2 Å². The van der Waals surface area contributed by atoms with Crippen molar-refractivity contribution in [2.45, 2.75) is 6.92 Å². The number of methoxy groups -OCH3 is 2. The third-order valence-electron chi connectivity index (χ3n) is 5.07. The maximum atomic E-state index is 5.49. The average Bonchev–Trinajstić information content (AvgIpc) is 3.15. The van der Waals surface area contributed by atoms with Gasteiger partial charge in [-0.25, -0.2) is 15.0 Å². The molecule has 30 heavy (non-hydrogen) atoms. The van der Waals surface area contributed by atoms with Crippen molar-refractivity contribution in [2.24, 2.45) is 0 Å². The fraction of sp³-hybridized carbons (Fsp3) is 0.125. The van der Waals surface area contributed by atoms with Gasteiger partial charge >= 0.3 is 0 Å². The van der Waals surface area contributed by atoms with Crippen molar-refractivity contribution in [1.29, 1.82) is 0 Å². The van der Waals surface area contributed by atoms with Crippen LogP contribution in [-0.2, 0) is 0 Å². The van der Waals surface area contributed by atoms with Crippen LogP contribution in [0, 0.1) is 6.92 Å². The molecule has 6 heteroatoms. The van der Waals surface area contributed by atoms with E-state index in [1.165, 1.54) is 5.56 Å². The second-order valence-corrected chi connectivity index (χ2v) is 7.07. The standard InChI is InChI=1S/C24H20N4O2/c1-15-8-10-16(11-9-15)23-27-22-24(26-21-7-5-4-6-20(21)25-22)28(23)17-12-18(29-2)14-19(13-17)30-3/h4-14H,1-3H3. The Hall–Kier alpha value is -3.93. The molecule has 0 saturated heterocycles. The van der Waals surface area contributed by atoms with Crippen LogP contribution >= 0.6 is 0 Å². The number of benzene rings is 3. The number of nitrogens with zero attached hydrogens (tertiary/aromatic N) is 4. The summed E-state index contributed by atoms with van der Waals surface area (Å²) in [4.78, 5) is 14.5. The lowest BCUT2D eigenvalue weighted by Gasteiger charge is -2.12. The minimum Gasteiger partial charge on any atom is -0.497 e. The predicted octanol–water partition coefficient (Wildman–Crippen LogP) is 4.96. The van der Waals surface area contributed by atoms with Crippen molar-refractivity contribution < 1.29 is 9.47 Å². The molecular formula is C24H20N4O2. The van der Waals surface area contributed by atoms with Gasteiger partial charge < -0.3 is 9.47 Å². The molecule has 0 fully saturated rings. The molecule has 0 radical (unpaired) electrons. The lowest BCUT2D eigenvalue weighted by atomic mass is 10.1. The van der Waals surface area contributed by atoms with Crippen LogP contribution in [0.2, 0.25) is 0 Å². The van der Waals surface area contributed by atoms with E-state index in [1.807, 2.05) is 47.0 Å². The Kier molecular flexibility index (Phi) is 4.32. The molecule has 0 aliphatic rings. The number of fused-ring (bicyclic) bond motifs is 2. The maximum Gasteiger partial charge on any atom is 0.199 e. The third-order valence-corrected chi connectivity index (χ3v) is 5.07. The summed E-state index contributed by atoms with van der Waals surface area (Å²) in [7, 11) is 3.28. The zero-order valence-corrected chi connectivity index (χ0v) is 17.0. The zero-order chi connectivity index (χ0) is 20.7. The minimum absolute atomic E-state index is 0.589. The van der Waals surface area contributed by atoms with E-state index in [0.29, 0.717) is 22.8 Å². The lowest BCUT2D eigenvalue weighted by Crippen LogP contribution is -2.01. The van der Waals surface area contributed by atoms with Gasteiger partial charge in [0.15, 0.2) is 11.3 Å². The summed E-state index contributed by atoms with van der Waals surface area (Å²) >= 11 is 0. The van der Waals surface area contributed by atoms with Gasteiger partial charge in [0, 0.05) is 23.8 Å². The van der Waals surface area contributed by atoms with E-state index in [4.69, 9.17) is 24.4 Å². The van der Waals surface area contributed by atoms with Crippen LogP contribution in [0.25, 0.3) is 39.4 Å². The fourth-order valence-electron chi connectivity index (χ4n) is 3.52. The summed E-state index contributed by atoms with van der Waals surface area (Å²) in [5.74, 6) is 2.14. The molecule has 6 nitrogen and oxygen atoms in total. The Labute approximate surface area is 173 Å². The quantitative estimate of drug-likeness (QED) is 0.430. The summed E-state index contributed by atoms with van der Waals surface area (Å²) in [5, 5.41) is 0. The maximum absolute atomic E-state index is 5.49. The number of para-hydroxylation sites is 2. The largest absolute Gasteiger partial charge is 0.497 e. The van der Waals surface area contributed by atoms with Crippen molar-refractivity contribution in [1.82, 2.24) is 19.5 Å². The van der Waals surface area contributed by atoms with Gasteiger partial charge in [-0.15, -0.1) is 0 Å². The SMILES string of the molecule is COc1cc(OC)cc(-n2c(-c3ccc(C)cc3)nc3nc4ccccc4nc32)c1. The highest BCUT2D eigenvalue weighted by Crippen LogP contribution is 2.32.